The van der Waals surface area contributed by atoms with E-state index in [9.17, 15) is 26.4 Å². The van der Waals surface area contributed by atoms with E-state index in [4.69, 9.17) is 4.74 Å². The first-order chi connectivity index (χ1) is 10.8. The first-order valence-corrected chi connectivity index (χ1v) is 8.69. The first kappa shape index (κ1) is 18.6. The number of likely N-dealkylation sites (tertiary alicyclic amines) is 1. The minimum Gasteiger partial charge on any atom is -0.444 e. The Morgan fingerprint density at radius 3 is 2.29 bits per heavy atom. The largest absolute Gasteiger partial charge is 0.501 e. The van der Waals surface area contributed by atoms with Crippen molar-refractivity contribution in [3.05, 3.63) is 29.8 Å². The summed E-state index contributed by atoms with van der Waals surface area (Å²) in [5, 5.41) is 0. The van der Waals surface area contributed by atoms with Crippen LogP contribution < -0.4 is 0 Å². The van der Waals surface area contributed by atoms with Crippen molar-refractivity contribution in [3.8, 4) is 0 Å². The monoisotopic (exact) mass is 365 g/mol. The highest BCUT2D eigenvalue weighted by Gasteiger charge is 2.47. The molecule has 0 N–H and O–H groups in total. The Balaban J connectivity index is 2.09. The topological polar surface area (TPSA) is 63.7 Å². The molecular weight excluding hydrogens is 347 g/mol. The number of hydrogen-bond acceptors (Lipinski definition) is 4. The molecule has 0 bridgehead atoms. The van der Waals surface area contributed by atoms with Gasteiger partial charge in [0.1, 0.15) is 5.60 Å². The summed E-state index contributed by atoms with van der Waals surface area (Å²) in [5.74, 6) is -0.221. The molecule has 0 spiro atoms. The molecule has 1 fully saturated rings. The summed E-state index contributed by atoms with van der Waals surface area (Å²) in [4.78, 5) is 12.5. The summed E-state index contributed by atoms with van der Waals surface area (Å²) in [5.41, 5.74) is -5.53. The summed E-state index contributed by atoms with van der Waals surface area (Å²) in [6, 6.07) is 4.74. The molecule has 0 aromatic heterocycles. The van der Waals surface area contributed by atoms with Crippen LogP contribution in [-0.4, -0.2) is 43.6 Å². The van der Waals surface area contributed by atoms with Gasteiger partial charge in [-0.15, -0.1) is 0 Å². The van der Waals surface area contributed by atoms with Gasteiger partial charge in [-0.1, -0.05) is 12.1 Å². The van der Waals surface area contributed by atoms with Crippen molar-refractivity contribution >= 4 is 15.9 Å². The van der Waals surface area contributed by atoms with Crippen LogP contribution in [0.4, 0.5) is 18.0 Å². The Labute approximate surface area is 138 Å². The number of hydrogen-bond donors (Lipinski definition) is 0. The van der Waals surface area contributed by atoms with Gasteiger partial charge in [-0.05, 0) is 38.5 Å². The maximum absolute atomic E-state index is 12.6. The van der Waals surface area contributed by atoms with Gasteiger partial charge in [-0.3, -0.25) is 0 Å². The molecule has 1 heterocycles. The number of carbonyl (C=O) groups excluding carboxylic acids is 1. The Morgan fingerprint density at radius 2 is 1.79 bits per heavy atom. The van der Waals surface area contributed by atoms with Crippen molar-refractivity contribution in [3.63, 3.8) is 0 Å². The smallest absolute Gasteiger partial charge is 0.444 e. The average Bonchev–Trinajstić information content (AvgIpc) is 2.33. The highest BCUT2D eigenvalue weighted by atomic mass is 32.2. The second kappa shape index (κ2) is 5.94. The standard InChI is InChI=1S/C15H18F3NO4S/c1-14(2,3)23-13(20)19-8-11(9-19)10-5-4-6-12(7-10)24(21,22)15(16,17)18/h4-7,11H,8-9H2,1-3H3. The van der Waals surface area contributed by atoms with Crippen molar-refractivity contribution in [2.75, 3.05) is 13.1 Å². The van der Waals surface area contributed by atoms with Gasteiger partial charge in [0, 0.05) is 19.0 Å². The highest BCUT2D eigenvalue weighted by Crippen LogP contribution is 2.34. The van der Waals surface area contributed by atoms with Gasteiger partial charge in [0.25, 0.3) is 9.84 Å². The molecule has 1 aliphatic heterocycles. The molecule has 1 amide bonds. The van der Waals surface area contributed by atoms with Gasteiger partial charge in [0.05, 0.1) is 4.90 Å². The third-order valence-corrected chi connectivity index (χ3v) is 4.96. The fourth-order valence-electron chi connectivity index (χ4n) is 2.23. The number of sulfone groups is 1. The van der Waals surface area contributed by atoms with Crippen LogP contribution in [0.15, 0.2) is 29.2 Å². The molecule has 0 aliphatic carbocycles. The van der Waals surface area contributed by atoms with Crippen LogP contribution >= 0.6 is 0 Å². The molecule has 9 heteroatoms. The fraction of sp³-hybridized carbons (Fsp3) is 0.533. The van der Waals surface area contributed by atoms with Gasteiger partial charge >= 0.3 is 11.6 Å². The minimum absolute atomic E-state index is 0.221. The third kappa shape index (κ3) is 3.82. The number of halogens is 3. The Kier molecular flexibility index (Phi) is 4.60. The number of benzene rings is 1. The van der Waals surface area contributed by atoms with E-state index in [1.54, 1.807) is 26.8 Å². The Bertz CT molecular complexity index is 732. The molecule has 5 nitrogen and oxygen atoms in total. The number of ether oxygens (including phenoxy) is 1. The van der Waals surface area contributed by atoms with Gasteiger partial charge in [-0.25, -0.2) is 13.2 Å². The van der Waals surface area contributed by atoms with Crippen LogP contribution in [0.3, 0.4) is 0 Å². The molecule has 0 saturated carbocycles. The fourth-order valence-corrected chi connectivity index (χ4v) is 3.05. The molecule has 134 valence electrons. The van der Waals surface area contributed by atoms with Crippen LogP contribution in [0.5, 0.6) is 0 Å². The van der Waals surface area contributed by atoms with Crippen LogP contribution in [0.25, 0.3) is 0 Å². The van der Waals surface area contributed by atoms with E-state index in [2.05, 4.69) is 0 Å². The maximum atomic E-state index is 12.6. The molecule has 1 aromatic rings. The molecule has 24 heavy (non-hydrogen) atoms. The maximum Gasteiger partial charge on any atom is 0.501 e. The zero-order valence-corrected chi connectivity index (χ0v) is 14.2. The summed E-state index contributed by atoms with van der Waals surface area (Å²) in [6.07, 6.45) is -0.502. The van der Waals surface area contributed by atoms with Crippen LogP contribution in [-0.2, 0) is 14.6 Å². The van der Waals surface area contributed by atoms with Gasteiger partial charge in [0.15, 0.2) is 0 Å². The molecule has 0 radical (unpaired) electrons. The molecular formula is C15H18F3NO4S. The number of amides is 1. The zero-order chi connectivity index (χ0) is 18.3. The van der Waals surface area contributed by atoms with Crippen LogP contribution in [0, 0.1) is 0 Å². The zero-order valence-electron chi connectivity index (χ0n) is 13.4. The predicted octanol–water partition coefficient (Wildman–Crippen LogP) is 3.31. The van der Waals surface area contributed by atoms with Crippen LogP contribution in [0.1, 0.15) is 32.3 Å². The van der Waals surface area contributed by atoms with Crippen molar-refractivity contribution in [1.29, 1.82) is 0 Å². The van der Waals surface area contributed by atoms with E-state index >= 15 is 0 Å². The van der Waals surface area contributed by atoms with Crippen LogP contribution in [0.2, 0.25) is 0 Å². The number of nitrogens with zero attached hydrogens (tertiary/aromatic N) is 1. The van der Waals surface area contributed by atoms with Crippen molar-refractivity contribution in [2.24, 2.45) is 0 Å². The normalized spacial score (nSPS) is 16.7. The Morgan fingerprint density at radius 1 is 1.21 bits per heavy atom. The van der Waals surface area contributed by atoms with Gasteiger partial charge < -0.3 is 9.64 Å². The predicted molar refractivity (Wildman–Crippen MR) is 80.2 cm³/mol. The highest BCUT2D eigenvalue weighted by molar-refractivity contribution is 7.92. The summed E-state index contributed by atoms with van der Waals surface area (Å²) >= 11 is 0. The second-order valence-corrected chi connectivity index (χ2v) is 8.55. The summed E-state index contributed by atoms with van der Waals surface area (Å²) in [7, 11) is -5.38. The Hall–Kier alpha value is -1.77. The number of rotatable bonds is 2. The first-order valence-electron chi connectivity index (χ1n) is 7.20. The van der Waals surface area contributed by atoms with E-state index in [1.165, 1.54) is 11.0 Å². The van der Waals surface area contributed by atoms with E-state index in [1.807, 2.05) is 0 Å². The third-order valence-electron chi connectivity index (χ3n) is 3.48. The van der Waals surface area contributed by atoms with Gasteiger partial charge in [0.2, 0.25) is 0 Å². The van der Waals surface area contributed by atoms with Crippen molar-refractivity contribution in [2.45, 2.75) is 42.7 Å². The number of carbonyl (C=O) groups is 1. The van der Waals surface area contributed by atoms with E-state index in [-0.39, 0.29) is 19.0 Å². The minimum atomic E-state index is -5.38. The summed E-state index contributed by atoms with van der Waals surface area (Å²) < 4.78 is 65.9. The SMILES string of the molecule is CC(C)(C)OC(=O)N1CC(c2cccc(S(=O)(=O)C(F)(F)F)c2)C1. The lowest BCUT2D eigenvalue weighted by atomic mass is 9.92. The van der Waals surface area contributed by atoms with E-state index in [0.29, 0.717) is 5.56 Å². The average molecular weight is 365 g/mol. The number of alkyl halides is 3. The van der Waals surface area contributed by atoms with Gasteiger partial charge in [-0.2, -0.15) is 13.2 Å². The summed E-state index contributed by atoms with van der Waals surface area (Å²) in [6.45, 7) is 5.73. The molecule has 0 atom stereocenters. The quantitative estimate of drug-likeness (QED) is 0.807. The molecule has 1 saturated heterocycles. The van der Waals surface area contributed by atoms with Crippen molar-refractivity contribution in [1.82, 2.24) is 4.90 Å². The lowest BCUT2D eigenvalue weighted by Gasteiger charge is -2.40. The van der Waals surface area contributed by atoms with E-state index < -0.39 is 31.9 Å². The lowest BCUT2D eigenvalue weighted by Crippen LogP contribution is -2.50. The second-order valence-electron chi connectivity index (χ2n) is 6.60. The lowest BCUT2D eigenvalue weighted by molar-refractivity contribution is -0.0436. The van der Waals surface area contributed by atoms with Crippen molar-refractivity contribution < 1.29 is 31.1 Å². The molecule has 1 aromatic carbocycles. The molecule has 1 aliphatic rings. The molecule has 2 rings (SSSR count). The molecule has 0 unspecified atom stereocenters. The van der Waals surface area contributed by atoms with E-state index in [0.717, 1.165) is 12.1 Å².